The van der Waals surface area contributed by atoms with Crippen molar-refractivity contribution >= 4 is 15.9 Å². The first-order valence-electron chi connectivity index (χ1n) is 5.63. The van der Waals surface area contributed by atoms with Crippen LogP contribution in [-0.2, 0) is 6.54 Å². The molecule has 0 aromatic heterocycles. The molecule has 0 aliphatic heterocycles. The molecule has 0 bridgehead atoms. The SMILES string of the molecule is Fc1cc(Br)cc(CNCCNC2CC2)c1. The summed E-state index contributed by atoms with van der Waals surface area (Å²) in [6.07, 6.45) is 2.63. The van der Waals surface area contributed by atoms with E-state index >= 15 is 0 Å². The Hall–Kier alpha value is -0.450. The highest BCUT2D eigenvalue weighted by Gasteiger charge is 2.19. The minimum Gasteiger partial charge on any atom is -0.313 e. The van der Waals surface area contributed by atoms with E-state index in [9.17, 15) is 4.39 Å². The predicted molar refractivity (Wildman–Crippen MR) is 66.8 cm³/mol. The number of nitrogens with one attached hydrogen (secondary N) is 2. The van der Waals surface area contributed by atoms with Gasteiger partial charge in [0.1, 0.15) is 5.82 Å². The summed E-state index contributed by atoms with van der Waals surface area (Å²) in [4.78, 5) is 0. The second-order valence-electron chi connectivity index (χ2n) is 4.18. The molecule has 1 aromatic carbocycles. The van der Waals surface area contributed by atoms with Crippen LogP contribution in [0, 0.1) is 5.82 Å². The zero-order chi connectivity index (χ0) is 11.4. The minimum atomic E-state index is -0.192. The molecule has 16 heavy (non-hydrogen) atoms. The molecule has 0 heterocycles. The van der Waals surface area contributed by atoms with Gasteiger partial charge in [0.25, 0.3) is 0 Å². The normalized spacial score (nSPS) is 15.4. The summed E-state index contributed by atoms with van der Waals surface area (Å²) in [7, 11) is 0. The van der Waals surface area contributed by atoms with Crippen molar-refractivity contribution in [3.8, 4) is 0 Å². The zero-order valence-electron chi connectivity index (χ0n) is 9.10. The van der Waals surface area contributed by atoms with E-state index in [0.717, 1.165) is 29.2 Å². The average Bonchev–Trinajstić information content (AvgIpc) is 2.99. The number of hydrogen-bond acceptors (Lipinski definition) is 2. The fourth-order valence-electron chi connectivity index (χ4n) is 1.60. The number of hydrogen-bond donors (Lipinski definition) is 2. The third-order valence-corrected chi connectivity index (χ3v) is 3.02. The fourth-order valence-corrected chi connectivity index (χ4v) is 2.11. The lowest BCUT2D eigenvalue weighted by Gasteiger charge is -2.06. The van der Waals surface area contributed by atoms with Crippen molar-refractivity contribution < 1.29 is 4.39 Å². The van der Waals surface area contributed by atoms with Crippen molar-refractivity contribution in [1.29, 1.82) is 0 Å². The summed E-state index contributed by atoms with van der Waals surface area (Å²) in [6, 6.07) is 5.72. The Bertz CT molecular complexity index is 333. The molecule has 4 heteroatoms. The molecule has 1 fully saturated rings. The third-order valence-electron chi connectivity index (χ3n) is 2.56. The molecular weight excluding hydrogens is 271 g/mol. The van der Waals surface area contributed by atoms with Crippen LogP contribution in [-0.4, -0.2) is 19.1 Å². The van der Waals surface area contributed by atoms with Gasteiger partial charge in [0, 0.05) is 30.1 Å². The highest BCUT2D eigenvalue weighted by Crippen LogP contribution is 2.18. The Morgan fingerprint density at radius 1 is 1.25 bits per heavy atom. The summed E-state index contributed by atoms with van der Waals surface area (Å²) in [6.45, 7) is 2.62. The monoisotopic (exact) mass is 286 g/mol. The summed E-state index contributed by atoms with van der Waals surface area (Å²) in [5, 5.41) is 6.71. The van der Waals surface area contributed by atoms with Crippen molar-refractivity contribution in [2.75, 3.05) is 13.1 Å². The predicted octanol–water partition coefficient (Wildman–Crippen LogP) is 2.43. The molecule has 1 aromatic rings. The van der Waals surface area contributed by atoms with Crippen molar-refractivity contribution in [3.63, 3.8) is 0 Å². The molecule has 0 radical (unpaired) electrons. The second-order valence-corrected chi connectivity index (χ2v) is 5.10. The molecular formula is C12H16BrFN2. The molecule has 0 saturated heterocycles. The van der Waals surface area contributed by atoms with Crippen LogP contribution < -0.4 is 10.6 Å². The highest BCUT2D eigenvalue weighted by molar-refractivity contribution is 9.10. The highest BCUT2D eigenvalue weighted by atomic mass is 79.9. The van der Waals surface area contributed by atoms with Crippen LogP contribution in [0.2, 0.25) is 0 Å². The first-order chi connectivity index (χ1) is 7.74. The molecule has 2 nitrogen and oxygen atoms in total. The van der Waals surface area contributed by atoms with Gasteiger partial charge in [-0.25, -0.2) is 4.39 Å². The first-order valence-corrected chi connectivity index (χ1v) is 6.42. The maximum atomic E-state index is 13.0. The number of rotatable bonds is 6. The van der Waals surface area contributed by atoms with Gasteiger partial charge < -0.3 is 10.6 Å². The quantitative estimate of drug-likeness (QED) is 0.785. The largest absolute Gasteiger partial charge is 0.313 e. The van der Waals surface area contributed by atoms with Crippen LogP contribution >= 0.6 is 15.9 Å². The van der Waals surface area contributed by atoms with Crippen LogP contribution in [0.5, 0.6) is 0 Å². The number of benzene rings is 1. The van der Waals surface area contributed by atoms with Crippen molar-refractivity contribution in [2.24, 2.45) is 0 Å². The molecule has 2 rings (SSSR count). The van der Waals surface area contributed by atoms with Gasteiger partial charge in [0.2, 0.25) is 0 Å². The summed E-state index contributed by atoms with van der Waals surface area (Å²) < 4.78 is 13.8. The second kappa shape index (κ2) is 5.75. The molecule has 0 amide bonds. The van der Waals surface area contributed by atoms with E-state index in [1.54, 1.807) is 6.07 Å². The van der Waals surface area contributed by atoms with Gasteiger partial charge in [0.15, 0.2) is 0 Å². The standard InChI is InChI=1S/C12H16BrFN2/c13-10-5-9(6-11(14)7-10)8-15-3-4-16-12-1-2-12/h5-7,12,15-16H,1-4,8H2. The Morgan fingerprint density at radius 2 is 2.06 bits per heavy atom. The molecule has 0 atom stereocenters. The van der Waals surface area contributed by atoms with Crippen LogP contribution in [0.4, 0.5) is 4.39 Å². The lowest BCUT2D eigenvalue weighted by molar-refractivity contribution is 0.600. The van der Waals surface area contributed by atoms with E-state index in [1.807, 2.05) is 6.07 Å². The molecule has 88 valence electrons. The van der Waals surface area contributed by atoms with Crippen molar-refractivity contribution in [2.45, 2.75) is 25.4 Å². The van der Waals surface area contributed by atoms with Gasteiger partial charge in [-0.15, -0.1) is 0 Å². The Balaban J connectivity index is 1.67. The van der Waals surface area contributed by atoms with E-state index in [-0.39, 0.29) is 5.82 Å². The summed E-state index contributed by atoms with van der Waals surface area (Å²) in [5.41, 5.74) is 0.971. The van der Waals surface area contributed by atoms with Crippen LogP contribution in [0.3, 0.4) is 0 Å². The van der Waals surface area contributed by atoms with Crippen LogP contribution in [0.15, 0.2) is 22.7 Å². The van der Waals surface area contributed by atoms with Crippen molar-refractivity contribution in [3.05, 3.63) is 34.1 Å². The van der Waals surface area contributed by atoms with E-state index < -0.39 is 0 Å². The van der Waals surface area contributed by atoms with E-state index in [2.05, 4.69) is 26.6 Å². The average molecular weight is 287 g/mol. The lowest BCUT2D eigenvalue weighted by atomic mass is 10.2. The maximum absolute atomic E-state index is 13.0. The summed E-state index contributed by atoms with van der Waals surface area (Å²) in [5.74, 6) is -0.192. The molecule has 1 saturated carbocycles. The lowest BCUT2D eigenvalue weighted by Crippen LogP contribution is -2.28. The summed E-state index contributed by atoms with van der Waals surface area (Å²) >= 11 is 3.28. The molecule has 1 aliphatic carbocycles. The Labute approximate surface area is 104 Å². The molecule has 0 unspecified atom stereocenters. The zero-order valence-corrected chi connectivity index (χ0v) is 10.7. The van der Waals surface area contributed by atoms with Crippen molar-refractivity contribution in [1.82, 2.24) is 10.6 Å². The van der Waals surface area contributed by atoms with Crippen LogP contribution in [0.1, 0.15) is 18.4 Å². The Morgan fingerprint density at radius 3 is 2.75 bits per heavy atom. The molecule has 0 spiro atoms. The molecule has 1 aliphatic rings. The van der Waals surface area contributed by atoms with Crippen LogP contribution in [0.25, 0.3) is 0 Å². The van der Waals surface area contributed by atoms with Gasteiger partial charge in [-0.05, 0) is 36.6 Å². The minimum absolute atomic E-state index is 0.192. The maximum Gasteiger partial charge on any atom is 0.124 e. The van der Waals surface area contributed by atoms with E-state index in [1.165, 1.54) is 18.9 Å². The van der Waals surface area contributed by atoms with E-state index in [0.29, 0.717) is 6.54 Å². The van der Waals surface area contributed by atoms with Gasteiger partial charge in [0.05, 0.1) is 0 Å². The van der Waals surface area contributed by atoms with E-state index in [4.69, 9.17) is 0 Å². The van der Waals surface area contributed by atoms with Gasteiger partial charge in [-0.2, -0.15) is 0 Å². The van der Waals surface area contributed by atoms with Gasteiger partial charge in [-0.1, -0.05) is 15.9 Å². The molecule has 2 N–H and O–H groups in total. The topological polar surface area (TPSA) is 24.1 Å². The smallest absolute Gasteiger partial charge is 0.124 e. The first kappa shape index (κ1) is 12.0. The van der Waals surface area contributed by atoms with Gasteiger partial charge >= 0.3 is 0 Å². The number of halogens is 2. The van der Waals surface area contributed by atoms with Gasteiger partial charge in [-0.3, -0.25) is 0 Å². The third kappa shape index (κ3) is 4.20. The Kier molecular flexibility index (Phi) is 4.32. The fraction of sp³-hybridized carbons (Fsp3) is 0.500.